The molecule has 16 rings (SSSR count). The summed E-state index contributed by atoms with van der Waals surface area (Å²) in [5, 5.41) is 4.70. The average Bonchev–Trinajstić information content (AvgIpc) is 1.87. The molecule has 0 unspecified atom stereocenters. The van der Waals surface area contributed by atoms with Crippen LogP contribution < -0.4 is 4.90 Å². The number of nitrogens with zero attached hydrogens (tertiary/aromatic N) is 2. The monoisotopic (exact) mass is 1110 g/mol. The van der Waals surface area contributed by atoms with Crippen LogP contribution in [-0.2, 0) is 0 Å². The van der Waals surface area contributed by atoms with E-state index in [-0.39, 0.29) is 0 Å². The highest BCUT2D eigenvalue weighted by Gasteiger charge is 2.18. The molecule has 0 fully saturated rings. The lowest BCUT2D eigenvalue weighted by atomic mass is 9.97. The summed E-state index contributed by atoms with van der Waals surface area (Å²) < 4.78 is 8.82. The van der Waals surface area contributed by atoms with Crippen LogP contribution in [0.5, 0.6) is 0 Å². The number of rotatable bonds is 12. The molecule has 0 aliphatic rings. The largest absolute Gasteiger partial charge is 0.455 e. The maximum Gasteiger partial charge on any atom is 0.143 e. The standard InChI is InChI=1S/C84H56N2O/c1-4-13-57(14-5-1)59-23-27-61(28-24-59)64-39-47-73(48-40-64)85(74-49-41-65(42-50-74)62-29-25-60(26-30-62)58-15-6-2-7-16-58)75-51-43-66(44-52-75)63-31-33-67(34-32-63)70-45-53-81-79(55-70)80-56-71(46-54-82(80)86(81)72-17-8-3-9-18-72)68-35-37-69(38-36-68)76-20-12-21-78-77-19-10-11-22-83(77)87-84(76)78/h1-56H. The van der Waals surface area contributed by atoms with E-state index in [1.165, 1.54) is 83.0 Å². The van der Waals surface area contributed by atoms with Crippen LogP contribution in [-0.4, -0.2) is 4.57 Å². The van der Waals surface area contributed by atoms with Gasteiger partial charge in [-0.2, -0.15) is 0 Å². The number of hydrogen-bond donors (Lipinski definition) is 0. The van der Waals surface area contributed by atoms with Crippen LogP contribution in [0.1, 0.15) is 0 Å². The fourth-order valence-electron chi connectivity index (χ4n) is 12.7. The lowest BCUT2D eigenvalue weighted by Gasteiger charge is -2.26. The number of benzene rings is 14. The van der Waals surface area contributed by atoms with Crippen LogP contribution in [0.2, 0.25) is 0 Å². The van der Waals surface area contributed by atoms with E-state index < -0.39 is 0 Å². The van der Waals surface area contributed by atoms with Crippen LogP contribution >= 0.6 is 0 Å². The van der Waals surface area contributed by atoms with Gasteiger partial charge >= 0.3 is 0 Å². The van der Waals surface area contributed by atoms with Crippen molar-refractivity contribution in [2.75, 3.05) is 4.90 Å². The van der Waals surface area contributed by atoms with E-state index in [9.17, 15) is 0 Å². The summed E-state index contributed by atoms with van der Waals surface area (Å²) in [6, 6.07) is 123. The van der Waals surface area contributed by atoms with Gasteiger partial charge in [0.05, 0.1) is 11.0 Å². The van der Waals surface area contributed by atoms with Crippen molar-refractivity contribution in [1.82, 2.24) is 4.57 Å². The van der Waals surface area contributed by atoms with Gasteiger partial charge in [-0.25, -0.2) is 0 Å². The van der Waals surface area contributed by atoms with Gasteiger partial charge in [-0.05, 0) is 162 Å². The zero-order valence-electron chi connectivity index (χ0n) is 47.6. The van der Waals surface area contributed by atoms with E-state index >= 15 is 0 Å². The highest BCUT2D eigenvalue weighted by Crippen LogP contribution is 2.42. The summed E-state index contributed by atoms with van der Waals surface area (Å²) in [7, 11) is 0. The number of furan rings is 1. The average molecular weight is 1110 g/mol. The quantitative estimate of drug-likeness (QED) is 0.122. The number of anilines is 3. The molecule has 0 aliphatic carbocycles. The molecular formula is C84H56N2O. The number of hydrogen-bond acceptors (Lipinski definition) is 2. The van der Waals surface area contributed by atoms with Gasteiger partial charge in [0.1, 0.15) is 11.2 Å². The van der Waals surface area contributed by atoms with Gasteiger partial charge in [-0.1, -0.05) is 261 Å². The molecule has 16 aromatic rings. The predicted octanol–water partition coefficient (Wildman–Crippen LogP) is 23.5. The highest BCUT2D eigenvalue weighted by atomic mass is 16.3. The minimum absolute atomic E-state index is 0.908. The molecule has 0 spiro atoms. The molecule has 2 heterocycles. The first-order valence-electron chi connectivity index (χ1n) is 29.8. The Hall–Kier alpha value is -11.5. The van der Waals surface area contributed by atoms with Gasteiger partial charge < -0.3 is 13.9 Å². The Kier molecular flexibility index (Phi) is 12.9. The van der Waals surface area contributed by atoms with E-state index in [1.54, 1.807) is 0 Å². The van der Waals surface area contributed by atoms with Gasteiger partial charge in [0.15, 0.2) is 0 Å². The van der Waals surface area contributed by atoms with E-state index in [0.29, 0.717) is 0 Å². The van der Waals surface area contributed by atoms with E-state index in [2.05, 4.69) is 337 Å². The first kappa shape index (κ1) is 51.1. The van der Waals surface area contributed by atoms with Crippen molar-refractivity contribution >= 4 is 60.8 Å². The van der Waals surface area contributed by atoms with Crippen molar-refractivity contribution in [3.63, 3.8) is 0 Å². The number of aromatic nitrogens is 1. The van der Waals surface area contributed by atoms with Crippen molar-refractivity contribution < 1.29 is 4.42 Å². The second kappa shape index (κ2) is 21.9. The normalized spacial score (nSPS) is 11.4. The van der Waals surface area contributed by atoms with Crippen molar-refractivity contribution in [1.29, 1.82) is 0 Å². The number of para-hydroxylation sites is 3. The number of fused-ring (bicyclic) bond motifs is 6. The Morgan fingerprint density at radius 3 is 0.943 bits per heavy atom. The smallest absolute Gasteiger partial charge is 0.143 e. The molecule has 3 nitrogen and oxygen atoms in total. The van der Waals surface area contributed by atoms with Gasteiger partial charge in [-0.15, -0.1) is 0 Å². The van der Waals surface area contributed by atoms with Gasteiger partial charge in [0.2, 0.25) is 0 Å². The van der Waals surface area contributed by atoms with Crippen molar-refractivity contribution in [3.8, 4) is 94.7 Å². The zero-order chi connectivity index (χ0) is 57.6. The van der Waals surface area contributed by atoms with E-state index in [4.69, 9.17) is 4.42 Å². The molecule has 0 amide bonds. The molecule has 0 bridgehead atoms. The molecule has 14 aromatic carbocycles. The lowest BCUT2D eigenvalue weighted by molar-refractivity contribution is 0.670. The molecule has 0 saturated carbocycles. The fraction of sp³-hybridized carbons (Fsp3) is 0. The van der Waals surface area contributed by atoms with Crippen LogP contribution in [0.4, 0.5) is 17.1 Å². The van der Waals surface area contributed by atoms with Crippen molar-refractivity contribution in [2.45, 2.75) is 0 Å². The predicted molar refractivity (Wildman–Crippen MR) is 366 cm³/mol. The Bertz CT molecular complexity index is 4980. The molecule has 0 radical (unpaired) electrons. The van der Waals surface area contributed by atoms with E-state index in [1.807, 2.05) is 12.1 Å². The third-order valence-electron chi connectivity index (χ3n) is 17.3. The molecule has 0 aliphatic heterocycles. The van der Waals surface area contributed by atoms with Crippen LogP contribution in [0.25, 0.3) is 138 Å². The van der Waals surface area contributed by atoms with Crippen LogP contribution in [0, 0.1) is 0 Å². The third kappa shape index (κ3) is 9.64. The minimum atomic E-state index is 0.908. The molecule has 0 N–H and O–H groups in total. The summed E-state index contributed by atoms with van der Waals surface area (Å²) in [4.78, 5) is 2.35. The molecule has 3 heteroatoms. The fourth-order valence-corrected chi connectivity index (χ4v) is 12.7. The third-order valence-corrected chi connectivity index (χ3v) is 17.3. The second-order valence-corrected chi connectivity index (χ2v) is 22.4. The molecular weight excluding hydrogens is 1050 g/mol. The summed E-state index contributed by atoms with van der Waals surface area (Å²) in [6.45, 7) is 0. The Morgan fingerprint density at radius 2 is 0.529 bits per heavy atom. The molecule has 408 valence electrons. The maximum absolute atomic E-state index is 6.42. The summed E-state index contributed by atoms with van der Waals surface area (Å²) in [6.07, 6.45) is 0. The Labute approximate surface area is 506 Å². The highest BCUT2D eigenvalue weighted by molar-refractivity contribution is 6.12. The summed E-state index contributed by atoms with van der Waals surface area (Å²) in [5.74, 6) is 0. The van der Waals surface area contributed by atoms with Crippen LogP contribution in [0.15, 0.2) is 344 Å². The van der Waals surface area contributed by atoms with Crippen LogP contribution in [0.3, 0.4) is 0 Å². The van der Waals surface area contributed by atoms with Crippen molar-refractivity contribution in [2.24, 2.45) is 0 Å². The Morgan fingerprint density at radius 1 is 0.218 bits per heavy atom. The van der Waals surface area contributed by atoms with Crippen molar-refractivity contribution in [3.05, 3.63) is 340 Å². The summed E-state index contributed by atoms with van der Waals surface area (Å²) >= 11 is 0. The van der Waals surface area contributed by atoms with E-state index in [0.717, 1.165) is 72.5 Å². The van der Waals surface area contributed by atoms with Gasteiger partial charge in [0, 0.05) is 49.9 Å². The second-order valence-electron chi connectivity index (χ2n) is 22.4. The molecule has 87 heavy (non-hydrogen) atoms. The summed E-state index contributed by atoms with van der Waals surface area (Å²) in [5.41, 5.74) is 27.3. The SMILES string of the molecule is c1ccc(-c2ccc(-c3ccc(N(c4ccc(-c5ccc(-c6ccccc6)cc5)cc4)c4ccc(-c5ccc(-c6ccc7c(c6)c6cc(-c8ccc(-c9cccc%10c9oc9ccccc9%10)cc8)ccc6n7-c6ccccc6)cc5)cc4)cc3)cc2)cc1. The Balaban J connectivity index is 0.697. The first-order valence-corrected chi connectivity index (χ1v) is 29.8. The zero-order valence-corrected chi connectivity index (χ0v) is 47.6. The molecule has 2 aromatic heterocycles. The molecule has 0 saturated heterocycles. The maximum atomic E-state index is 6.42. The minimum Gasteiger partial charge on any atom is -0.455 e. The molecule has 0 atom stereocenters. The lowest BCUT2D eigenvalue weighted by Crippen LogP contribution is -2.09. The van der Waals surface area contributed by atoms with Gasteiger partial charge in [-0.3, -0.25) is 0 Å². The first-order chi connectivity index (χ1) is 43.1. The topological polar surface area (TPSA) is 21.3 Å². The van der Waals surface area contributed by atoms with Gasteiger partial charge in [0.25, 0.3) is 0 Å².